The fourth-order valence-corrected chi connectivity index (χ4v) is 2.89. The molecule has 1 saturated heterocycles. The van der Waals surface area contributed by atoms with Crippen molar-refractivity contribution in [2.45, 2.75) is 50.6 Å². The van der Waals surface area contributed by atoms with Crippen LogP contribution >= 0.6 is 11.6 Å². The van der Waals surface area contributed by atoms with Crippen LogP contribution in [-0.2, 0) is 4.74 Å². The molecule has 6 nitrogen and oxygen atoms in total. The first kappa shape index (κ1) is 17.9. The van der Waals surface area contributed by atoms with Gasteiger partial charge in [0.15, 0.2) is 5.79 Å². The Morgan fingerprint density at radius 1 is 1.57 bits per heavy atom. The van der Waals surface area contributed by atoms with Gasteiger partial charge in [-0.3, -0.25) is 4.90 Å². The number of carbonyl (C=O) groups excluding carboxylic acids is 1. The van der Waals surface area contributed by atoms with Crippen molar-refractivity contribution >= 4 is 23.3 Å². The average Bonchev–Trinajstić information content (AvgIpc) is 2.34. The molecule has 1 aromatic carbocycles. The van der Waals surface area contributed by atoms with E-state index in [1.54, 1.807) is 19.9 Å². The Kier molecular flexibility index (Phi) is 4.86. The highest BCUT2D eigenvalue weighted by Crippen LogP contribution is 2.36. The third-order valence-corrected chi connectivity index (χ3v) is 3.58. The monoisotopic (exact) mass is 346 g/mol. The van der Waals surface area contributed by atoms with Gasteiger partial charge in [0.1, 0.15) is 6.23 Å². The zero-order chi connectivity index (χ0) is 17.4. The topological polar surface area (TPSA) is 82.0 Å². The summed E-state index contributed by atoms with van der Waals surface area (Å²) >= 11 is 5.92. The normalized spacial score (nSPS) is 31.3. The zero-order valence-electron chi connectivity index (χ0n) is 13.1. The number of rotatable bonds is 3. The molecule has 2 rings (SSSR count). The third-order valence-electron chi connectivity index (χ3n) is 3.31. The highest BCUT2D eigenvalue weighted by atomic mass is 35.5. The molecule has 0 spiro atoms. The van der Waals surface area contributed by atoms with E-state index in [9.17, 15) is 19.4 Å². The number of alkyl halides is 2. The van der Waals surface area contributed by atoms with Gasteiger partial charge in [0.2, 0.25) is 0 Å². The number of hydrogen-bond acceptors (Lipinski definition) is 6. The summed E-state index contributed by atoms with van der Waals surface area (Å²) in [4.78, 5) is 12.9. The molecule has 3 N–H and O–H groups in total. The van der Waals surface area contributed by atoms with Gasteiger partial charge in [0, 0.05) is 12.1 Å². The highest BCUT2D eigenvalue weighted by molar-refractivity contribution is 6.23. The van der Waals surface area contributed by atoms with E-state index in [2.05, 4.69) is 5.32 Å². The molecule has 1 aliphatic rings. The molecule has 0 radical (unpaired) electrons. The maximum absolute atomic E-state index is 14.0. The van der Waals surface area contributed by atoms with Crippen molar-refractivity contribution in [3.8, 4) is 0 Å². The van der Waals surface area contributed by atoms with Gasteiger partial charge in [-0.05, 0) is 50.6 Å². The van der Waals surface area contributed by atoms with Crippen molar-refractivity contribution in [3.63, 3.8) is 0 Å². The summed E-state index contributed by atoms with van der Waals surface area (Å²) in [5.74, 6) is -2.59. The predicted octanol–water partition coefficient (Wildman–Crippen LogP) is 1.90. The number of anilines is 1. The van der Waals surface area contributed by atoms with Gasteiger partial charge in [-0.15, -0.1) is 0 Å². The van der Waals surface area contributed by atoms with E-state index >= 15 is 0 Å². The molecule has 23 heavy (non-hydrogen) atoms. The molecule has 0 bridgehead atoms. The number of ether oxygens (including phenoxy) is 1. The van der Waals surface area contributed by atoms with E-state index in [1.165, 1.54) is 18.2 Å². The molecule has 1 aromatic rings. The van der Waals surface area contributed by atoms with Crippen molar-refractivity contribution in [1.82, 2.24) is 5.32 Å². The Morgan fingerprint density at radius 3 is 2.78 bits per heavy atom. The summed E-state index contributed by atoms with van der Waals surface area (Å²) in [6, 6.07) is 6.02. The van der Waals surface area contributed by atoms with Crippen molar-refractivity contribution in [2.75, 3.05) is 4.90 Å². The molecule has 1 fully saturated rings. The van der Waals surface area contributed by atoms with Crippen LogP contribution in [0.25, 0.3) is 0 Å². The van der Waals surface area contributed by atoms with Crippen LogP contribution in [0.15, 0.2) is 24.3 Å². The van der Waals surface area contributed by atoms with Crippen molar-refractivity contribution < 1.29 is 24.1 Å². The zero-order valence-corrected chi connectivity index (χ0v) is 13.8. The maximum Gasteiger partial charge on any atom is 0.338 e. The molecule has 1 heterocycles. The molecule has 1 aliphatic heterocycles. The van der Waals surface area contributed by atoms with Crippen LogP contribution in [0.5, 0.6) is 0 Å². The minimum atomic E-state index is -2.35. The number of esters is 1. The van der Waals surface area contributed by atoms with E-state index in [0.29, 0.717) is 0 Å². The van der Waals surface area contributed by atoms with Gasteiger partial charge in [0.25, 0.3) is 5.31 Å². The number of benzene rings is 1. The molecular formula is C15H20ClFN2O4. The lowest BCUT2D eigenvalue weighted by molar-refractivity contribution is -0.0851. The molecule has 128 valence electrons. The van der Waals surface area contributed by atoms with Crippen LogP contribution in [0.2, 0.25) is 0 Å². The Labute approximate surface area is 138 Å². The molecule has 0 saturated carbocycles. The standard InChI is InChI=1S/C15H20ClFN2O4/c1-9(2)23-13(21)10-5-4-6-11(7-10)19-12(20)8-14(3,17)18-15(19,16)22/h4-7,9,12,18,20,22H,8H2,1-3H3. The van der Waals surface area contributed by atoms with Crippen LogP contribution in [0.3, 0.4) is 0 Å². The summed E-state index contributed by atoms with van der Waals surface area (Å²) in [5.41, 5.74) is 0.473. The second kappa shape index (κ2) is 6.24. The van der Waals surface area contributed by atoms with E-state index in [4.69, 9.17) is 16.3 Å². The molecular weight excluding hydrogens is 327 g/mol. The summed E-state index contributed by atoms with van der Waals surface area (Å²) in [7, 11) is 0. The van der Waals surface area contributed by atoms with Crippen LogP contribution in [0, 0.1) is 0 Å². The Bertz CT molecular complexity index is 595. The predicted molar refractivity (Wildman–Crippen MR) is 83.5 cm³/mol. The van der Waals surface area contributed by atoms with Gasteiger partial charge in [0.05, 0.1) is 11.7 Å². The SMILES string of the molecule is CC(C)OC(=O)c1cccc(N2C(O)CC(C)(F)NC2(O)Cl)c1. The number of aliphatic hydroxyl groups is 2. The first-order valence-corrected chi connectivity index (χ1v) is 7.57. The molecule has 3 atom stereocenters. The Hall–Kier alpha value is -1.41. The van der Waals surface area contributed by atoms with Gasteiger partial charge in [-0.2, -0.15) is 0 Å². The fraction of sp³-hybridized carbons (Fsp3) is 0.533. The van der Waals surface area contributed by atoms with Crippen molar-refractivity contribution in [2.24, 2.45) is 0 Å². The molecule has 0 aromatic heterocycles. The first-order chi connectivity index (χ1) is 10.5. The van der Waals surface area contributed by atoms with Crippen LogP contribution in [0.4, 0.5) is 10.1 Å². The van der Waals surface area contributed by atoms with E-state index in [1.807, 2.05) is 0 Å². The number of aliphatic hydroxyl groups excluding tert-OH is 1. The van der Waals surface area contributed by atoms with Gasteiger partial charge < -0.3 is 14.9 Å². The van der Waals surface area contributed by atoms with Crippen LogP contribution < -0.4 is 10.2 Å². The summed E-state index contributed by atoms with van der Waals surface area (Å²) in [5, 5.41) is 20.2. The van der Waals surface area contributed by atoms with Gasteiger partial charge >= 0.3 is 5.97 Å². The highest BCUT2D eigenvalue weighted by Gasteiger charge is 2.49. The van der Waals surface area contributed by atoms with E-state index in [0.717, 1.165) is 11.8 Å². The number of carbonyl (C=O) groups is 1. The summed E-state index contributed by atoms with van der Waals surface area (Å²) in [6.45, 7) is 4.61. The van der Waals surface area contributed by atoms with Crippen molar-refractivity contribution in [1.29, 1.82) is 0 Å². The minimum Gasteiger partial charge on any atom is -0.459 e. The lowest BCUT2D eigenvalue weighted by Crippen LogP contribution is -2.70. The van der Waals surface area contributed by atoms with Crippen molar-refractivity contribution in [3.05, 3.63) is 29.8 Å². The Morgan fingerprint density at radius 2 is 2.22 bits per heavy atom. The van der Waals surface area contributed by atoms with E-state index in [-0.39, 0.29) is 23.8 Å². The molecule has 0 aliphatic carbocycles. The first-order valence-electron chi connectivity index (χ1n) is 7.20. The minimum absolute atomic E-state index is 0.226. The molecule has 3 unspecified atom stereocenters. The van der Waals surface area contributed by atoms with Gasteiger partial charge in [-0.1, -0.05) is 6.07 Å². The third kappa shape index (κ3) is 4.11. The smallest absolute Gasteiger partial charge is 0.338 e. The lowest BCUT2D eigenvalue weighted by Gasteiger charge is -2.48. The van der Waals surface area contributed by atoms with E-state index < -0.39 is 23.3 Å². The quantitative estimate of drug-likeness (QED) is 0.440. The average molecular weight is 347 g/mol. The lowest BCUT2D eigenvalue weighted by atomic mass is 10.1. The second-order valence-electron chi connectivity index (χ2n) is 5.97. The number of halogens is 2. The summed E-state index contributed by atoms with van der Waals surface area (Å²) < 4.78 is 19.1. The molecule has 8 heteroatoms. The fourth-order valence-electron chi connectivity index (χ4n) is 2.48. The second-order valence-corrected chi connectivity index (χ2v) is 6.50. The Balaban J connectivity index is 2.32. The molecule has 0 amide bonds. The summed E-state index contributed by atoms with van der Waals surface area (Å²) in [6.07, 6.45) is -1.99. The maximum atomic E-state index is 14.0. The number of nitrogens with zero attached hydrogens (tertiary/aromatic N) is 1. The number of hydrogen-bond donors (Lipinski definition) is 3. The largest absolute Gasteiger partial charge is 0.459 e. The number of nitrogens with one attached hydrogen (secondary N) is 1. The van der Waals surface area contributed by atoms with Crippen LogP contribution in [-0.4, -0.2) is 39.6 Å². The van der Waals surface area contributed by atoms with Gasteiger partial charge in [-0.25, -0.2) is 14.5 Å². The van der Waals surface area contributed by atoms with Crippen LogP contribution in [0.1, 0.15) is 37.6 Å².